The molecule has 4 heteroatoms. The van der Waals surface area contributed by atoms with Crippen LogP contribution in [0.25, 0.3) is 0 Å². The lowest BCUT2D eigenvalue weighted by Gasteiger charge is -2.33. The quantitative estimate of drug-likeness (QED) is 0.683. The van der Waals surface area contributed by atoms with Crippen molar-refractivity contribution in [3.05, 3.63) is 0 Å². The van der Waals surface area contributed by atoms with Gasteiger partial charge in [0, 0.05) is 12.8 Å². The third kappa shape index (κ3) is 0.982. The molecule has 1 spiro atoms. The van der Waals surface area contributed by atoms with Crippen molar-refractivity contribution in [2.75, 3.05) is 13.2 Å². The van der Waals surface area contributed by atoms with Gasteiger partial charge in [0.2, 0.25) is 0 Å². The normalized spacial score (nSPS) is 43.6. The van der Waals surface area contributed by atoms with Crippen molar-refractivity contribution in [3.8, 4) is 0 Å². The van der Waals surface area contributed by atoms with E-state index in [1.807, 2.05) is 0 Å². The monoisotopic (exact) mass is 198 g/mol. The molecule has 0 radical (unpaired) electrons. The number of ether oxygens (including phenoxy) is 2. The van der Waals surface area contributed by atoms with E-state index in [0.717, 1.165) is 19.3 Å². The van der Waals surface area contributed by atoms with Crippen LogP contribution in [0, 0.1) is 11.3 Å². The summed E-state index contributed by atoms with van der Waals surface area (Å²) >= 11 is 0. The summed E-state index contributed by atoms with van der Waals surface area (Å²) in [5.74, 6) is -0.762. The molecule has 2 saturated carbocycles. The fraction of sp³-hybridized carbons (Fsp3) is 0.900. The van der Waals surface area contributed by atoms with Gasteiger partial charge in [-0.25, -0.2) is 0 Å². The highest BCUT2D eigenvalue weighted by molar-refractivity contribution is 5.78. The largest absolute Gasteiger partial charge is 0.481 e. The Labute approximate surface area is 82.2 Å². The molecule has 3 aliphatic rings. The van der Waals surface area contributed by atoms with Crippen LogP contribution in [0.1, 0.15) is 25.7 Å². The van der Waals surface area contributed by atoms with E-state index in [9.17, 15) is 4.79 Å². The third-order valence-corrected chi connectivity index (χ3v) is 3.98. The minimum absolute atomic E-state index is 0.284. The lowest BCUT2D eigenvalue weighted by atomic mass is 9.85. The number of carboxylic acid groups (broad SMARTS) is 1. The van der Waals surface area contributed by atoms with Crippen LogP contribution in [0.4, 0.5) is 0 Å². The van der Waals surface area contributed by atoms with Crippen molar-refractivity contribution in [2.45, 2.75) is 31.5 Å². The summed E-state index contributed by atoms with van der Waals surface area (Å²) in [6, 6.07) is 0. The number of hydrogen-bond donors (Lipinski definition) is 1. The number of aliphatic carboxylic acids is 1. The molecular weight excluding hydrogens is 184 g/mol. The number of rotatable bonds is 1. The molecule has 0 aromatic rings. The minimum atomic E-state index is -0.629. The van der Waals surface area contributed by atoms with Gasteiger partial charge in [-0.15, -0.1) is 0 Å². The molecular formula is C10H14O4. The van der Waals surface area contributed by atoms with Crippen molar-refractivity contribution in [2.24, 2.45) is 11.3 Å². The molecule has 0 amide bonds. The Hall–Kier alpha value is -0.610. The van der Waals surface area contributed by atoms with Gasteiger partial charge in [0.05, 0.1) is 18.6 Å². The molecule has 1 N–H and O–H groups in total. The average molecular weight is 198 g/mol. The van der Waals surface area contributed by atoms with E-state index in [2.05, 4.69) is 0 Å². The van der Waals surface area contributed by atoms with Crippen molar-refractivity contribution in [1.29, 1.82) is 0 Å². The SMILES string of the molecule is O=C(O)C12CCC3(CC1C2)OCCO3. The molecule has 4 nitrogen and oxygen atoms in total. The zero-order chi connectivity index (χ0) is 9.81. The first-order chi connectivity index (χ1) is 6.67. The molecule has 78 valence electrons. The molecule has 1 aliphatic heterocycles. The van der Waals surface area contributed by atoms with Gasteiger partial charge in [-0.3, -0.25) is 4.79 Å². The number of carboxylic acids is 1. The van der Waals surface area contributed by atoms with Crippen LogP contribution < -0.4 is 0 Å². The van der Waals surface area contributed by atoms with Gasteiger partial charge in [0.25, 0.3) is 0 Å². The zero-order valence-corrected chi connectivity index (χ0v) is 7.99. The summed E-state index contributed by atoms with van der Waals surface area (Å²) in [6.45, 7) is 1.32. The smallest absolute Gasteiger partial charge is 0.309 e. The maximum absolute atomic E-state index is 11.0. The van der Waals surface area contributed by atoms with E-state index in [1.165, 1.54) is 0 Å². The summed E-state index contributed by atoms with van der Waals surface area (Å²) in [5, 5.41) is 9.09. The molecule has 2 atom stereocenters. The van der Waals surface area contributed by atoms with Crippen molar-refractivity contribution in [3.63, 3.8) is 0 Å². The fourth-order valence-electron chi connectivity index (χ4n) is 2.97. The number of carbonyl (C=O) groups is 1. The molecule has 1 heterocycles. The molecule has 1 saturated heterocycles. The maximum Gasteiger partial charge on any atom is 0.309 e. The summed E-state index contributed by atoms with van der Waals surface area (Å²) < 4.78 is 11.2. The first kappa shape index (κ1) is 8.68. The first-order valence-electron chi connectivity index (χ1n) is 5.18. The van der Waals surface area contributed by atoms with Crippen LogP contribution in [-0.4, -0.2) is 30.1 Å². The minimum Gasteiger partial charge on any atom is -0.481 e. The highest BCUT2D eigenvalue weighted by Gasteiger charge is 2.66. The molecule has 2 aliphatic carbocycles. The Balaban J connectivity index is 1.75. The molecule has 3 fully saturated rings. The van der Waals surface area contributed by atoms with Crippen LogP contribution >= 0.6 is 0 Å². The van der Waals surface area contributed by atoms with E-state index >= 15 is 0 Å². The summed E-state index contributed by atoms with van der Waals surface area (Å²) in [4.78, 5) is 11.0. The fourth-order valence-corrected chi connectivity index (χ4v) is 2.97. The standard InChI is InChI=1S/C10H14O4/c11-8(12)9-1-2-10(6-7(9)5-9)13-3-4-14-10/h7H,1-6H2,(H,11,12). The third-order valence-electron chi connectivity index (χ3n) is 3.98. The van der Waals surface area contributed by atoms with Crippen molar-refractivity contribution >= 4 is 5.97 Å². The Kier molecular flexibility index (Phi) is 1.55. The van der Waals surface area contributed by atoms with Crippen LogP contribution in [0.3, 0.4) is 0 Å². The van der Waals surface area contributed by atoms with Crippen molar-refractivity contribution < 1.29 is 19.4 Å². The maximum atomic E-state index is 11.0. The second-order valence-corrected chi connectivity index (χ2v) is 4.67. The molecule has 0 aromatic heterocycles. The Morgan fingerprint density at radius 3 is 2.50 bits per heavy atom. The second kappa shape index (κ2) is 2.49. The van der Waals surface area contributed by atoms with Crippen LogP contribution in [0.2, 0.25) is 0 Å². The van der Waals surface area contributed by atoms with Gasteiger partial charge >= 0.3 is 5.97 Å². The van der Waals surface area contributed by atoms with Crippen LogP contribution in [0.15, 0.2) is 0 Å². The highest BCUT2D eigenvalue weighted by atomic mass is 16.7. The van der Waals surface area contributed by atoms with Gasteiger partial charge in [-0.1, -0.05) is 0 Å². The van der Waals surface area contributed by atoms with E-state index in [0.29, 0.717) is 19.6 Å². The van der Waals surface area contributed by atoms with Gasteiger partial charge in [0.15, 0.2) is 5.79 Å². The summed E-state index contributed by atoms with van der Waals surface area (Å²) in [5.41, 5.74) is -0.416. The zero-order valence-electron chi connectivity index (χ0n) is 7.99. The molecule has 3 rings (SSSR count). The van der Waals surface area contributed by atoms with Gasteiger partial charge in [0.1, 0.15) is 0 Å². The molecule has 2 unspecified atom stereocenters. The van der Waals surface area contributed by atoms with Gasteiger partial charge < -0.3 is 14.6 Å². The van der Waals surface area contributed by atoms with Crippen molar-refractivity contribution in [1.82, 2.24) is 0 Å². The van der Waals surface area contributed by atoms with E-state index in [4.69, 9.17) is 14.6 Å². The molecule has 0 bridgehead atoms. The Morgan fingerprint density at radius 2 is 1.93 bits per heavy atom. The van der Waals surface area contributed by atoms with Crippen LogP contribution in [-0.2, 0) is 14.3 Å². The summed E-state index contributed by atoms with van der Waals surface area (Å²) in [6.07, 6.45) is 3.05. The predicted molar refractivity (Wildman–Crippen MR) is 46.7 cm³/mol. The Bertz CT molecular complexity index is 282. The summed E-state index contributed by atoms with van der Waals surface area (Å²) in [7, 11) is 0. The molecule has 0 aromatic carbocycles. The lowest BCUT2D eigenvalue weighted by Crippen LogP contribution is -2.38. The number of hydrogen-bond acceptors (Lipinski definition) is 3. The van der Waals surface area contributed by atoms with Gasteiger partial charge in [-0.2, -0.15) is 0 Å². The molecule has 14 heavy (non-hydrogen) atoms. The van der Waals surface area contributed by atoms with Gasteiger partial charge in [-0.05, 0) is 18.8 Å². The average Bonchev–Trinajstić information content (AvgIpc) is 2.71. The van der Waals surface area contributed by atoms with E-state index in [1.54, 1.807) is 0 Å². The second-order valence-electron chi connectivity index (χ2n) is 4.67. The van der Waals surface area contributed by atoms with E-state index < -0.39 is 17.2 Å². The lowest BCUT2D eigenvalue weighted by molar-refractivity contribution is -0.187. The topological polar surface area (TPSA) is 55.8 Å². The van der Waals surface area contributed by atoms with Crippen LogP contribution in [0.5, 0.6) is 0 Å². The Morgan fingerprint density at radius 1 is 1.21 bits per heavy atom. The predicted octanol–water partition coefficient (Wildman–Crippen LogP) is 1.00. The van der Waals surface area contributed by atoms with E-state index in [-0.39, 0.29) is 5.92 Å². The highest BCUT2D eigenvalue weighted by Crippen LogP contribution is 2.64. The first-order valence-corrected chi connectivity index (χ1v) is 5.18. The number of fused-ring (bicyclic) bond motifs is 1.